The van der Waals surface area contributed by atoms with Crippen LogP contribution in [0.5, 0.6) is 0 Å². The lowest BCUT2D eigenvalue weighted by Gasteiger charge is -2.38. The first-order chi connectivity index (χ1) is 9.68. The molecule has 0 amide bonds. The molecular weight excluding hydrogens is 274 g/mol. The summed E-state index contributed by atoms with van der Waals surface area (Å²) in [6, 6.07) is -0.692. The Morgan fingerprint density at radius 2 is 1.95 bits per heavy atom. The third-order valence-electron chi connectivity index (χ3n) is 5.07. The average molecular weight is 297 g/mol. The number of carboxylic acid groups (broad SMARTS) is 1. The van der Waals surface area contributed by atoms with Gasteiger partial charge in [-0.25, -0.2) is 0 Å². The number of carbonyl (C=O) groups is 3. The highest BCUT2D eigenvalue weighted by Gasteiger charge is 2.48. The molecule has 2 aliphatic rings. The number of aliphatic hydroxyl groups is 1. The summed E-state index contributed by atoms with van der Waals surface area (Å²) in [6.45, 7) is 3.73. The van der Waals surface area contributed by atoms with E-state index in [-0.39, 0.29) is 37.2 Å². The number of carboxylic acids is 1. The minimum atomic E-state index is -1.31. The van der Waals surface area contributed by atoms with Crippen LogP contribution in [0.15, 0.2) is 0 Å². The summed E-state index contributed by atoms with van der Waals surface area (Å²) in [5.74, 6) is -1.08. The van der Waals surface area contributed by atoms with Gasteiger partial charge in [-0.3, -0.25) is 19.3 Å². The molecule has 0 aromatic carbocycles. The molecule has 2 N–H and O–H groups in total. The summed E-state index contributed by atoms with van der Waals surface area (Å²) in [5, 5.41) is 19.8. The number of rotatable bonds is 5. The Labute approximate surface area is 124 Å². The molecular formula is C15H23NO5. The van der Waals surface area contributed by atoms with E-state index in [0.29, 0.717) is 13.0 Å². The van der Waals surface area contributed by atoms with Gasteiger partial charge in [0, 0.05) is 19.4 Å². The lowest BCUT2D eigenvalue weighted by molar-refractivity contribution is -0.158. The molecule has 0 aromatic heterocycles. The zero-order chi connectivity index (χ0) is 15.8. The van der Waals surface area contributed by atoms with Crippen LogP contribution >= 0.6 is 0 Å². The van der Waals surface area contributed by atoms with Crippen molar-refractivity contribution >= 4 is 17.5 Å². The largest absolute Gasteiger partial charge is 0.480 e. The molecule has 0 aromatic rings. The van der Waals surface area contributed by atoms with Gasteiger partial charge in [-0.05, 0) is 39.5 Å². The van der Waals surface area contributed by atoms with Gasteiger partial charge in [-0.2, -0.15) is 0 Å². The fourth-order valence-corrected chi connectivity index (χ4v) is 3.44. The molecule has 6 nitrogen and oxygen atoms in total. The number of ketones is 2. The molecule has 118 valence electrons. The highest BCUT2D eigenvalue weighted by atomic mass is 16.4. The zero-order valence-corrected chi connectivity index (χ0v) is 12.6. The second-order valence-corrected chi connectivity index (χ2v) is 6.59. The van der Waals surface area contributed by atoms with E-state index in [9.17, 15) is 24.6 Å². The lowest BCUT2D eigenvalue weighted by atomic mass is 9.80. The molecule has 1 saturated heterocycles. The van der Waals surface area contributed by atoms with Crippen molar-refractivity contribution in [1.29, 1.82) is 0 Å². The summed E-state index contributed by atoms with van der Waals surface area (Å²) in [5.41, 5.74) is -2.33. The number of hydrogen-bond acceptors (Lipinski definition) is 5. The van der Waals surface area contributed by atoms with Crippen molar-refractivity contribution in [2.75, 3.05) is 6.54 Å². The molecule has 0 spiro atoms. The van der Waals surface area contributed by atoms with E-state index in [2.05, 4.69) is 0 Å². The third-order valence-corrected chi connectivity index (χ3v) is 5.07. The van der Waals surface area contributed by atoms with Gasteiger partial charge >= 0.3 is 5.97 Å². The monoisotopic (exact) mass is 297 g/mol. The van der Waals surface area contributed by atoms with Crippen molar-refractivity contribution in [1.82, 2.24) is 4.90 Å². The van der Waals surface area contributed by atoms with Gasteiger partial charge in [0.2, 0.25) is 0 Å². The standard InChI is InChI=1S/C15H23NO5/c1-14(11(17)5-6-12(14)18)7-8-15(2,21)16-9-3-4-10(16)13(19)20/h10,21H,3-9H2,1-2H3,(H,19,20)/t10-,15?/m0/s1. The van der Waals surface area contributed by atoms with Crippen LogP contribution in [0.2, 0.25) is 0 Å². The molecule has 1 saturated carbocycles. The van der Waals surface area contributed by atoms with Gasteiger partial charge < -0.3 is 10.2 Å². The van der Waals surface area contributed by atoms with Crippen LogP contribution in [-0.2, 0) is 14.4 Å². The molecule has 21 heavy (non-hydrogen) atoms. The quantitative estimate of drug-likeness (QED) is 0.734. The first-order valence-electron chi connectivity index (χ1n) is 7.47. The van der Waals surface area contributed by atoms with Gasteiger partial charge in [0.05, 0.1) is 5.41 Å². The number of likely N-dealkylation sites (tertiary alicyclic amines) is 1. The van der Waals surface area contributed by atoms with Crippen molar-refractivity contribution in [3.63, 3.8) is 0 Å². The van der Waals surface area contributed by atoms with Crippen molar-refractivity contribution in [3.05, 3.63) is 0 Å². The molecule has 2 rings (SSSR count). The number of hydrogen-bond donors (Lipinski definition) is 2. The van der Waals surface area contributed by atoms with Crippen LogP contribution in [0.4, 0.5) is 0 Å². The van der Waals surface area contributed by atoms with E-state index >= 15 is 0 Å². The second-order valence-electron chi connectivity index (χ2n) is 6.59. The van der Waals surface area contributed by atoms with E-state index < -0.39 is 23.2 Å². The highest BCUT2D eigenvalue weighted by Crippen LogP contribution is 2.38. The van der Waals surface area contributed by atoms with E-state index in [0.717, 1.165) is 6.42 Å². The lowest BCUT2D eigenvalue weighted by Crippen LogP contribution is -2.52. The molecule has 1 unspecified atom stereocenters. The van der Waals surface area contributed by atoms with Gasteiger partial charge in [0.15, 0.2) is 0 Å². The predicted octanol–water partition coefficient (Wildman–Crippen LogP) is 0.962. The van der Waals surface area contributed by atoms with Crippen molar-refractivity contribution in [2.45, 2.75) is 64.1 Å². The fraction of sp³-hybridized carbons (Fsp3) is 0.800. The molecule has 2 atom stereocenters. The molecule has 2 fully saturated rings. The van der Waals surface area contributed by atoms with Crippen molar-refractivity contribution in [2.24, 2.45) is 5.41 Å². The Bertz CT molecular complexity index is 455. The van der Waals surface area contributed by atoms with Gasteiger partial charge in [-0.1, -0.05) is 0 Å². The maximum atomic E-state index is 11.9. The minimum absolute atomic E-state index is 0.0699. The molecule has 6 heteroatoms. The van der Waals surface area contributed by atoms with Gasteiger partial charge in [0.1, 0.15) is 23.3 Å². The minimum Gasteiger partial charge on any atom is -0.480 e. The summed E-state index contributed by atoms with van der Waals surface area (Å²) in [4.78, 5) is 36.6. The van der Waals surface area contributed by atoms with E-state index in [1.54, 1.807) is 18.7 Å². The Balaban J connectivity index is 2.06. The number of Topliss-reactive ketones (excluding diaryl/α,β-unsaturated/α-hetero) is 2. The highest BCUT2D eigenvalue weighted by molar-refractivity contribution is 6.12. The Morgan fingerprint density at radius 3 is 2.48 bits per heavy atom. The number of nitrogens with zero attached hydrogens (tertiary/aromatic N) is 1. The maximum absolute atomic E-state index is 11.9. The molecule has 0 radical (unpaired) electrons. The van der Waals surface area contributed by atoms with Crippen molar-refractivity contribution < 1.29 is 24.6 Å². The van der Waals surface area contributed by atoms with Crippen LogP contribution < -0.4 is 0 Å². The molecule has 1 aliphatic carbocycles. The molecule has 0 bridgehead atoms. The van der Waals surface area contributed by atoms with E-state index in [1.165, 1.54) is 0 Å². The zero-order valence-electron chi connectivity index (χ0n) is 12.6. The smallest absolute Gasteiger partial charge is 0.321 e. The summed E-state index contributed by atoms with van der Waals surface area (Å²) < 4.78 is 0. The second kappa shape index (κ2) is 5.50. The number of aliphatic carboxylic acids is 1. The predicted molar refractivity (Wildman–Crippen MR) is 74.6 cm³/mol. The van der Waals surface area contributed by atoms with Crippen molar-refractivity contribution in [3.8, 4) is 0 Å². The Morgan fingerprint density at radius 1 is 1.38 bits per heavy atom. The van der Waals surface area contributed by atoms with Crippen LogP contribution in [-0.4, -0.2) is 51.0 Å². The molecule has 1 aliphatic heterocycles. The Kier molecular flexibility index (Phi) is 4.22. The van der Waals surface area contributed by atoms with Gasteiger partial charge in [0.25, 0.3) is 0 Å². The Hall–Kier alpha value is -1.27. The summed E-state index contributed by atoms with van der Waals surface area (Å²) in [6.07, 6.45) is 2.27. The van der Waals surface area contributed by atoms with Gasteiger partial charge in [-0.15, -0.1) is 0 Å². The molecule has 1 heterocycles. The fourth-order valence-electron chi connectivity index (χ4n) is 3.44. The first kappa shape index (κ1) is 16.1. The van der Waals surface area contributed by atoms with E-state index in [4.69, 9.17) is 0 Å². The number of carbonyl (C=O) groups excluding carboxylic acids is 2. The maximum Gasteiger partial charge on any atom is 0.321 e. The summed E-state index contributed by atoms with van der Waals surface area (Å²) >= 11 is 0. The van der Waals surface area contributed by atoms with Crippen LogP contribution in [0.25, 0.3) is 0 Å². The average Bonchev–Trinajstić information content (AvgIpc) is 2.99. The summed E-state index contributed by atoms with van der Waals surface area (Å²) in [7, 11) is 0. The van der Waals surface area contributed by atoms with Crippen LogP contribution in [0.3, 0.4) is 0 Å². The normalized spacial score (nSPS) is 28.8. The third kappa shape index (κ3) is 2.87. The van der Waals surface area contributed by atoms with Crippen LogP contribution in [0, 0.1) is 5.41 Å². The first-order valence-corrected chi connectivity index (χ1v) is 7.47. The van der Waals surface area contributed by atoms with E-state index in [1.807, 2.05) is 0 Å². The van der Waals surface area contributed by atoms with Crippen LogP contribution in [0.1, 0.15) is 52.4 Å². The SMILES string of the molecule is CC1(CCC(C)(O)N2CCC[C@H]2C(=O)O)C(=O)CCC1=O. The topological polar surface area (TPSA) is 94.9 Å².